The second-order valence-corrected chi connectivity index (χ2v) is 3.63. The molecular formula is C11H9ClN2O. The summed E-state index contributed by atoms with van der Waals surface area (Å²) >= 11 is 5.91. The molecule has 0 aliphatic carbocycles. The maximum atomic E-state index is 10.6. The average molecular weight is 221 g/mol. The molecule has 4 heteroatoms. The maximum Gasteiger partial charge on any atom is 0.151 e. The average Bonchev–Trinajstić information content (AvgIpc) is 2.65. The number of rotatable bonds is 2. The molecule has 1 aromatic heterocycles. The molecular weight excluding hydrogens is 212 g/mol. The molecule has 0 atom stereocenters. The van der Waals surface area contributed by atoms with E-state index in [1.165, 1.54) is 0 Å². The number of hydrogen-bond donors (Lipinski definition) is 0. The third-order valence-electron chi connectivity index (χ3n) is 2.10. The molecule has 3 nitrogen and oxygen atoms in total. The number of carbonyl (C=O) groups is 1. The van der Waals surface area contributed by atoms with E-state index in [-0.39, 0.29) is 0 Å². The maximum absolute atomic E-state index is 10.6. The zero-order chi connectivity index (χ0) is 10.8. The van der Waals surface area contributed by atoms with Gasteiger partial charge in [0.15, 0.2) is 6.29 Å². The Balaban J connectivity index is 2.46. The first kappa shape index (κ1) is 9.93. The summed E-state index contributed by atoms with van der Waals surface area (Å²) in [7, 11) is 0. The largest absolute Gasteiger partial charge is 0.298 e. The first-order valence-electron chi connectivity index (χ1n) is 4.48. The Morgan fingerprint density at radius 3 is 2.73 bits per heavy atom. The molecule has 0 saturated carbocycles. The topological polar surface area (TPSA) is 34.9 Å². The third-order valence-corrected chi connectivity index (χ3v) is 2.43. The van der Waals surface area contributed by atoms with Gasteiger partial charge in [-0.1, -0.05) is 11.6 Å². The van der Waals surface area contributed by atoms with Crippen molar-refractivity contribution in [2.45, 2.75) is 6.92 Å². The van der Waals surface area contributed by atoms with E-state index in [0.717, 1.165) is 17.7 Å². The minimum atomic E-state index is 0.440. The summed E-state index contributed by atoms with van der Waals surface area (Å²) in [6.07, 6.45) is 2.59. The number of aromatic nitrogens is 2. The van der Waals surface area contributed by atoms with Crippen LogP contribution in [0.1, 0.15) is 16.1 Å². The lowest BCUT2D eigenvalue weighted by Crippen LogP contribution is -1.95. The quantitative estimate of drug-likeness (QED) is 0.730. The molecule has 0 amide bonds. The van der Waals surface area contributed by atoms with Crippen molar-refractivity contribution in [3.63, 3.8) is 0 Å². The second kappa shape index (κ2) is 3.87. The van der Waals surface area contributed by atoms with Crippen molar-refractivity contribution in [2.75, 3.05) is 0 Å². The van der Waals surface area contributed by atoms with Crippen molar-refractivity contribution in [1.82, 2.24) is 9.78 Å². The van der Waals surface area contributed by atoms with Gasteiger partial charge in [-0.05, 0) is 31.2 Å². The van der Waals surface area contributed by atoms with Gasteiger partial charge in [-0.15, -0.1) is 0 Å². The normalized spacial score (nSPS) is 10.3. The van der Waals surface area contributed by atoms with Crippen LogP contribution in [0, 0.1) is 6.92 Å². The fourth-order valence-electron chi connectivity index (χ4n) is 1.31. The molecule has 2 rings (SSSR count). The van der Waals surface area contributed by atoms with Gasteiger partial charge in [-0.2, -0.15) is 5.10 Å². The Kier molecular flexibility index (Phi) is 2.56. The van der Waals surface area contributed by atoms with Gasteiger partial charge in [0.25, 0.3) is 0 Å². The van der Waals surface area contributed by atoms with E-state index >= 15 is 0 Å². The van der Waals surface area contributed by atoms with Gasteiger partial charge in [-0.25, -0.2) is 4.68 Å². The van der Waals surface area contributed by atoms with Crippen LogP contribution in [0.25, 0.3) is 5.69 Å². The SMILES string of the molecule is Cc1ccn(-c2ccc(C=O)c(Cl)c2)n1. The summed E-state index contributed by atoms with van der Waals surface area (Å²) in [5.74, 6) is 0. The highest BCUT2D eigenvalue weighted by Crippen LogP contribution is 2.18. The number of halogens is 1. The second-order valence-electron chi connectivity index (χ2n) is 3.23. The van der Waals surface area contributed by atoms with Crippen LogP contribution in [0.3, 0.4) is 0 Å². The number of benzene rings is 1. The van der Waals surface area contributed by atoms with Crippen LogP contribution in [0.2, 0.25) is 5.02 Å². The van der Waals surface area contributed by atoms with Crippen LogP contribution in [0.5, 0.6) is 0 Å². The van der Waals surface area contributed by atoms with E-state index < -0.39 is 0 Å². The Morgan fingerprint density at radius 2 is 2.20 bits per heavy atom. The van der Waals surface area contributed by atoms with Crippen molar-refractivity contribution in [3.8, 4) is 5.69 Å². The van der Waals surface area contributed by atoms with E-state index in [0.29, 0.717) is 10.6 Å². The summed E-state index contributed by atoms with van der Waals surface area (Å²) in [5.41, 5.74) is 2.27. The highest BCUT2D eigenvalue weighted by Gasteiger charge is 2.03. The van der Waals surface area contributed by atoms with Crippen molar-refractivity contribution < 1.29 is 4.79 Å². The van der Waals surface area contributed by atoms with Crippen molar-refractivity contribution >= 4 is 17.9 Å². The third kappa shape index (κ3) is 1.92. The molecule has 1 aromatic carbocycles. The molecule has 0 aliphatic heterocycles. The fraction of sp³-hybridized carbons (Fsp3) is 0.0909. The molecule has 0 bridgehead atoms. The standard InChI is InChI=1S/C11H9ClN2O/c1-8-4-5-14(13-8)10-3-2-9(7-15)11(12)6-10/h2-7H,1H3. The van der Waals surface area contributed by atoms with Crippen LogP contribution in [0.4, 0.5) is 0 Å². The Hall–Kier alpha value is -1.61. The minimum Gasteiger partial charge on any atom is -0.298 e. The molecule has 0 saturated heterocycles. The first-order chi connectivity index (χ1) is 7.20. The number of carbonyl (C=O) groups excluding carboxylic acids is 1. The Bertz CT molecular complexity index is 505. The van der Waals surface area contributed by atoms with E-state index in [1.807, 2.05) is 25.3 Å². The summed E-state index contributed by atoms with van der Waals surface area (Å²) in [6, 6.07) is 7.11. The van der Waals surface area contributed by atoms with Gasteiger partial charge >= 0.3 is 0 Å². The molecule has 76 valence electrons. The van der Waals surface area contributed by atoms with Gasteiger partial charge in [-0.3, -0.25) is 4.79 Å². The highest BCUT2D eigenvalue weighted by atomic mass is 35.5. The van der Waals surface area contributed by atoms with Crippen LogP contribution in [0.15, 0.2) is 30.5 Å². The molecule has 0 aliphatic rings. The number of hydrogen-bond acceptors (Lipinski definition) is 2. The molecule has 0 N–H and O–H groups in total. The van der Waals surface area contributed by atoms with Gasteiger partial charge in [0.2, 0.25) is 0 Å². The molecule has 0 radical (unpaired) electrons. The van der Waals surface area contributed by atoms with Crippen molar-refractivity contribution in [1.29, 1.82) is 0 Å². The first-order valence-corrected chi connectivity index (χ1v) is 4.86. The van der Waals surface area contributed by atoms with Gasteiger partial charge in [0.05, 0.1) is 16.4 Å². The van der Waals surface area contributed by atoms with E-state index in [4.69, 9.17) is 11.6 Å². The molecule has 1 heterocycles. The molecule has 2 aromatic rings. The number of nitrogens with zero attached hydrogens (tertiary/aromatic N) is 2. The van der Waals surface area contributed by atoms with Crippen LogP contribution < -0.4 is 0 Å². The van der Waals surface area contributed by atoms with Crippen LogP contribution in [-0.4, -0.2) is 16.1 Å². The minimum absolute atomic E-state index is 0.440. The zero-order valence-electron chi connectivity index (χ0n) is 8.14. The summed E-state index contributed by atoms with van der Waals surface area (Å²) in [4.78, 5) is 10.6. The van der Waals surface area contributed by atoms with Crippen LogP contribution >= 0.6 is 11.6 Å². The van der Waals surface area contributed by atoms with E-state index in [1.54, 1.807) is 16.8 Å². The van der Waals surface area contributed by atoms with E-state index in [9.17, 15) is 4.79 Å². The number of aldehydes is 1. The van der Waals surface area contributed by atoms with Crippen molar-refractivity contribution in [2.24, 2.45) is 0 Å². The summed E-state index contributed by atoms with van der Waals surface area (Å²) in [6.45, 7) is 1.91. The van der Waals surface area contributed by atoms with Gasteiger partial charge in [0.1, 0.15) is 0 Å². The molecule has 0 spiro atoms. The molecule has 0 fully saturated rings. The lowest BCUT2D eigenvalue weighted by atomic mass is 10.2. The fourth-order valence-corrected chi connectivity index (χ4v) is 1.53. The summed E-state index contributed by atoms with van der Waals surface area (Å²) in [5, 5.41) is 4.69. The monoisotopic (exact) mass is 220 g/mol. The predicted octanol–water partition coefficient (Wildman–Crippen LogP) is 2.65. The highest BCUT2D eigenvalue weighted by molar-refractivity contribution is 6.33. The molecule has 15 heavy (non-hydrogen) atoms. The van der Waals surface area contributed by atoms with Gasteiger partial charge < -0.3 is 0 Å². The Labute approximate surface area is 92.3 Å². The van der Waals surface area contributed by atoms with Crippen LogP contribution in [-0.2, 0) is 0 Å². The van der Waals surface area contributed by atoms with Crippen molar-refractivity contribution in [3.05, 3.63) is 46.7 Å². The van der Waals surface area contributed by atoms with Gasteiger partial charge in [0, 0.05) is 11.8 Å². The lowest BCUT2D eigenvalue weighted by molar-refractivity contribution is 0.112. The Morgan fingerprint density at radius 1 is 1.40 bits per heavy atom. The van der Waals surface area contributed by atoms with E-state index in [2.05, 4.69) is 5.10 Å². The predicted molar refractivity (Wildman–Crippen MR) is 58.7 cm³/mol. The molecule has 0 unspecified atom stereocenters. The smallest absolute Gasteiger partial charge is 0.151 e. The number of aryl methyl sites for hydroxylation is 1. The lowest BCUT2D eigenvalue weighted by Gasteiger charge is -2.02. The summed E-state index contributed by atoms with van der Waals surface area (Å²) < 4.78 is 1.72. The zero-order valence-corrected chi connectivity index (χ0v) is 8.90.